The van der Waals surface area contributed by atoms with Crippen LogP contribution in [0.2, 0.25) is 10.0 Å². The standard InChI is InChI=1S/C15H13Cl2NOS.C2H6/c1-20-12-4-2-3-11(9-12)18-15(19)8-10-5-6-13(16)14(17)7-10;1-2/h2-7,9H,8H2,1H3,(H,18,19);1-2H3. The summed E-state index contributed by atoms with van der Waals surface area (Å²) in [4.78, 5) is 13.1. The third kappa shape index (κ3) is 5.91. The van der Waals surface area contributed by atoms with Gasteiger partial charge in [-0.1, -0.05) is 49.2 Å². The molecule has 2 nitrogen and oxygen atoms in total. The van der Waals surface area contributed by atoms with E-state index in [2.05, 4.69) is 5.32 Å². The van der Waals surface area contributed by atoms with Crippen LogP contribution in [0.25, 0.3) is 0 Å². The van der Waals surface area contributed by atoms with Gasteiger partial charge in [0.2, 0.25) is 5.91 Å². The fraction of sp³-hybridized carbons (Fsp3) is 0.235. The number of benzene rings is 2. The molecule has 0 atom stereocenters. The summed E-state index contributed by atoms with van der Waals surface area (Å²) >= 11 is 13.4. The average molecular weight is 356 g/mol. The van der Waals surface area contributed by atoms with E-state index in [-0.39, 0.29) is 12.3 Å². The Morgan fingerprint density at radius 3 is 2.45 bits per heavy atom. The van der Waals surface area contributed by atoms with Crippen molar-refractivity contribution in [3.8, 4) is 0 Å². The number of rotatable bonds is 4. The maximum Gasteiger partial charge on any atom is 0.228 e. The average Bonchev–Trinajstić information content (AvgIpc) is 2.53. The van der Waals surface area contributed by atoms with Crippen molar-refractivity contribution in [3.05, 3.63) is 58.1 Å². The zero-order valence-electron chi connectivity index (χ0n) is 12.8. The van der Waals surface area contributed by atoms with Crippen molar-refractivity contribution in [1.29, 1.82) is 0 Å². The summed E-state index contributed by atoms with van der Waals surface area (Å²) in [6, 6.07) is 12.9. The Hall–Kier alpha value is -1.16. The van der Waals surface area contributed by atoms with Gasteiger partial charge in [0.05, 0.1) is 16.5 Å². The van der Waals surface area contributed by atoms with Crippen molar-refractivity contribution in [3.63, 3.8) is 0 Å². The van der Waals surface area contributed by atoms with E-state index in [0.29, 0.717) is 10.0 Å². The first-order valence-electron chi connectivity index (χ1n) is 6.96. The van der Waals surface area contributed by atoms with Crippen molar-refractivity contribution in [2.24, 2.45) is 0 Å². The number of amides is 1. The van der Waals surface area contributed by atoms with Crippen LogP contribution in [0.3, 0.4) is 0 Å². The van der Waals surface area contributed by atoms with Gasteiger partial charge in [-0.3, -0.25) is 4.79 Å². The fourth-order valence-electron chi connectivity index (χ4n) is 1.74. The smallest absolute Gasteiger partial charge is 0.228 e. The van der Waals surface area contributed by atoms with Crippen LogP contribution in [0.1, 0.15) is 19.4 Å². The third-order valence-corrected chi connectivity index (χ3v) is 4.17. The molecule has 0 aliphatic carbocycles. The lowest BCUT2D eigenvalue weighted by Crippen LogP contribution is -2.14. The topological polar surface area (TPSA) is 29.1 Å². The summed E-state index contributed by atoms with van der Waals surface area (Å²) in [6.07, 6.45) is 2.26. The molecule has 2 rings (SSSR count). The van der Waals surface area contributed by atoms with Gasteiger partial charge in [-0.2, -0.15) is 0 Å². The van der Waals surface area contributed by atoms with Gasteiger partial charge < -0.3 is 5.32 Å². The van der Waals surface area contributed by atoms with E-state index >= 15 is 0 Å². The minimum absolute atomic E-state index is 0.0818. The van der Waals surface area contributed by atoms with Gasteiger partial charge >= 0.3 is 0 Å². The Bertz CT molecular complexity index is 632. The van der Waals surface area contributed by atoms with Gasteiger partial charge in [-0.25, -0.2) is 0 Å². The molecule has 0 saturated carbocycles. The van der Waals surface area contributed by atoms with Gasteiger partial charge in [0.1, 0.15) is 0 Å². The minimum Gasteiger partial charge on any atom is -0.326 e. The highest BCUT2D eigenvalue weighted by Gasteiger charge is 2.06. The second-order valence-corrected chi connectivity index (χ2v) is 5.90. The number of hydrogen-bond acceptors (Lipinski definition) is 2. The molecule has 118 valence electrons. The summed E-state index contributed by atoms with van der Waals surface area (Å²) in [5.41, 5.74) is 1.62. The van der Waals surface area contributed by atoms with Crippen molar-refractivity contribution in [1.82, 2.24) is 0 Å². The molecular weight excluding hydrogens is 337 g/mol. The lowest BCUT2D eigenvalue weighted by Gasteiger charge is -2.07. The number of hydrogen-bond donors (Lipinski definition) is 1. The Kier molecular flexibility index (Phi) is 8.39. The lowest BCUT2D eigenvalue weighted by molar-refractivity contribution is -0.115. The highest BCUT2D eigenvalue weighted by molar-refractivity contribution is 7.98. The molecule has 1 N–H and O–H groups in total. The number of anilines is 1. The summed E-state index contributed by atoms with van der Waals surface area (Å²) < 4.78 is 0. The second kappa shape index (κ2) is 9.78. The van der Waals surface area contributed by atoms with Crippen LogP contribution >= 0.6 is 35.0 Å². The summed E-state index contributed by atoms with van der Waals surface area (Å²) in [5, 5.41) is 3.82. The number of carbonyl (C=O) groups excluding carboxylic acids is 1. The predicted molar refractivity (Wildman–Crippen MR) is 98.4 cm³/mol. The quantitative estimate of drug-likeness (QED) is 0.689. The maximum atomic E-state index is 12.0. The normalized spacial score (nSPS) is 9.68. The van der Waals surface area contributed by atoms with Gasteiger partial charge in [-0.15, -0.1) is 11.8 Å². The molecule has 0 spiro atoms. The molecule has 0 bridgehead atoms. The summed E-state index contributed by atoms with van der Waals surface area (Å²) in [5.74, 6) is -0.0818. The molecule has 5 heteroatoms. The highest BCUT2D eigenvalue weighted by Crippen LogP contribution is 2.23. The van der Waals surface area contributed by atoms with Gasteiger partial charge in [0, 0.05) is 10.6 Å². The molecule has 2 aromatic carbocycles. The molecule has 0 aliphatic rings. The minimum atomic E-state index is -0.0818. The fourth-order valence-corrected chi connectivity index (χ4v) is 2.52. The molecule has 1 amide bonds. The third-order valence-electron chi connectivity index (χ3n) is 2.70. The van der Waals surface area contributed by atoms with E-state index in [1.807, 2.05) is 44.4 Å². The van der Waals surface area contributed by atoms with Crippen LogP contribution in [0.5, 0.6) is 0 Å². The zero-order valence-corrected chi connectivity index (χ0v) is 15.1. The SMILES string of the molecule is CC.CSc1cccc(NC(=O)Cc2ccc(Cl)c(Cl)c2)c1. The Balaban J connectivity index is 0.00000116. The van der Waals surface area contributed by atoms with E-state index in [1.54, 1.807) is 30.0 Å². The molecule has 0 radical (unpaired) electrons. The van der Waals surface area contributed by atoms with Crippen molar-refractivity contribution >= 4 is 46.6 Å². The highest BCUT2D eigenvalue weighted by atomic mass is 35.5. The number of halogens is 2. The van der Waals surface area contributed by atoms with E-state index in [1.165, 1.54) is 0 Å². The molecule has 0 fully saturated rings. The van der Waals surface area contributed by atoms with E-state index in [0.717, 1.165) is 16.1 Å². The molecule has 0 aliphatic heterocycles. The summed E-state index contributed by atoms with van der Waals surface area (Å²) in [6.45, 7) is 4.00. The predicted octanol–water partition coefficient (Wildman–Crippen LogP) is 5.92. The van der Waals surface area contributed by atoms with Crippen LogP contribution in [0.15, 0.2) is 47.4 Å². The molecule has 2 aromatic rings. The number of nitrogens with one attached hydrogen (secondary N) is 1. The zero-order chi connectivity index (χ0) is 16.5. The lowest BCUT2D eigenvalue weighted by atomic mass is 10.1. The largest absolute Gasteiger partial charge is 0.326 e. The van der Waals surface area contributed by atoms with Crippen molar-refractivity contribution < 1.29 is 4.79 Å². The van der Waals surface area contributed by atoms with Crippen LogP contribution in [0, 0.1) is 0 Å². The molecule has 0 unspecified atom stereocenters. The maximum absolute atomic E-state index is 12.0. The molecule has 0 heterocycles. The first-order chi connectivity index (χ1) is 10.6. The Morgan fingerprint density at radius 1 is 1.09 bits per heavy atom. The van der Waals surface area contributed by atoms with Gasteiger partial charge in [0.25, 0.3) is 0 Å². The van der Waals surface area contributed by atoms with Crippen molar-refractivity contribution in [2.45, 2.75) is 25.2 Å². The number of thioether (sulfide) groups is 1. The Morgan fingerprint density at radius 2 is 1.82 bits per heavy atom. The van der Waals surface area contributed by atoms with Crippen LogP contribution in [-0.2, 0) is 11.2 Å². The second-order valence-electron chi connectivity index (χ2n) is 4.21. The Labute approximate surface area is 146 Å². The van der Waals surface area contributed by atoms with Gasteiger partial charge in [0.15, 0.2) is 0 Å². The number of carbonyl (C=O) groups is 1. The van der Waals surface area contributed by atoms with Crippen molar-refractivity contribution in [2.75, 3.05) is 11.6 Å². The van der Waals surface area contributed by atoms with Crippen LogP contribution in [-0.4, -0.2) is 12.2 Å². The van der Waals surface area contributed by atoms with Gasteiger partial charge in [-0.05, 0) is 42.2 Å². The first kappa shape index (κ1) is 18.9. The molecule has 22 heavy (non-hydrogen) atoms. The summed E-state index contributed by atoms with van der Waals surface area (Å²) in [7, 11) is 0. The van der Waals surface area contributed by atoms with Crippen LogP contribution in [0.4, 0.5) is 5.69 Å². The van der Waals surface area contributed by atoms with Crippen LogP contribution < -0.4 is 5.32 Å². The monoisotopic (exact) mass is 355 g/mol. The van der Waals surface area contributed by atoms with E-state index in [9.17, 15) is 4.79 Å². The molecule has 0 saturated heterocycles. The molecular formula is C17H19Cl2NOS. The van der Waals surface area contributed by atoms with E-state index < -0.39 is 0 Å². The first-order valence-corrected chi connectivity index (χ1v) is 8.94. The van der Waals surface area contributed by atoms with E-state index in [4.69, 9.17) is 23.2 Å². The molecule has 0 aromatic heterocycles.